The van der Waals surface area contributed by atoms with Crippen molar-refractivity contribution in [2.75, 3.05) is 16.5 Å². The fraction of sp³-hybridized carbons (Fsp3) is 0.600. The van der Waals surface area contributed by atoms with Crippen molar-refractivity contribution in [2.24, 2.45) is 5.84 Å². The molecular formula is C10H18N6O. The highest BCUT2D eigenvalue weighted by Crippen LogP contribution is 2.28. The lowest BCUT2D eigenvalue weighted by Gasteiger charge is -2.33. The Morgan fingerprint density at radius 2 is 1.82 bits per heavy atom. The number of anilines is 3. The molecule has 0 aromatic carbocycles. The Hall–Kier alpha value is -1.60. The molecule has 1 aliphatic rings. The third-order valence-corrected chi connectivity index (χ3v) is 3.20. The van der Waals surface area contributed by atoms with Crippen molar-refractivity contribution >= 4 is 17.3 Å². The van der Waals surface area contributed by atoms with Crippen LogP contribution in [-0.4, -0.2) is 27.2 Å². The Kier molecular flexibility index (Phi) is 3.30. The molecule has 7 N–H and O–H groups in total. The molecule has 17 heavy (non-hydrogen) atoms. The standard InChI is InChI=1S/C10H18N6O/c11-8-9(12)14-5-15-10(8)16(13)6-1-3-7(17)4-2-6/h5-7,17H,1-4,11,13H2,(H2,12,14,15). The molecule has 1 aliphatic carbocycles. The van der Waals surface area contributed by atoms with Gasteiger partial charge in [-0.2, -0.15) is 0 Å². The first kappa shape index (κ1) is 11.9. The van der Waals surface area contributed by atoms with Gasteiger partial charge in [0, 0.05) is 6.04 Å². The largest absolute Gasteiger partial charge is 0.393 e. The molecule has 2 rings (SSSR count). The van der Waals surface area contributed by atoms with Gasteiger partial charge in [0.2, 0.25) is 0 Å². The molecule has 1 fully saturated rings. The van der Waals surface area contributed by atoms with E-state index in [1.54, 1.807) is 5.01 Å². The van der Waals surface area contributed by atoms with E-state index in [-0.39, 0.29) is 18.0 Å². The van der Waals surface area contributed by atoms with Crippen LogP contribution in [0.2, 0.25) is 0 Å². The predicted octanol–water partition coefficient (Wildman–Crippen LogP) is -0.375. The number of nitrogens with two attached hydrogens (primary N) is 3. The van der Waals surface area contributed by atoms with E-state index < -0.39 is 0 Å². The summed E-state index contributed by atoms with van der Waals surface area (Å²) in [4.78, 5) is 7.85. The SMILES string of the molecule is Nc1ncnc(N(N)C2CCC(O)CC2)c1N. The minimum atomic E-state index is -0.215. The second kappa shape index (κ2) is 4.72. The zero-order valence-corrected chi connectivity index (χ0v) is 9.58. The van der Waals surface area contributed by atoms with Gasteiger partial charge < -0.3 is 16.6 Å². The van der Waals surface area contributed by atoms with E-state index in [0.717, 1.165) is 25.7 Å². The predicted molar refractivity (Wildman–Crippen MR) is 65.8 cm³/mol. The summed E-state index contributed by atoms with van der Waals surface area (Å²) in [5.74, 6) is 6.71. The first-order valence-corrected chi connectivity index (χ1v) is 5.67. The first-order valence-electron chi connectivity index (χ1n) is 5.67. The second-order valence-corrected chi connectivity index (χ2v) is 4.37. The zero-order chi connectivity index (χ0) is 12.4. The summed E-state index contributed by atoms with van der Waals surface area (Å²) in [6, 6.07) is 0.134. The summed E-state index contributed by atoms with van der Waals surface area (Å²) in [6.07, 6.45) is 4.27. The third kappa shape index (κ3) is 2.40. The van der Waals surface area contributed by atoms with Crippen molar-refractivity contribution in [3.8, 4) is 0 Å². The number of nitrogen functional groups attached to an aromatic ring is 2. The average Bonchev–Trinajstić information content (AvgIpc) is 2.33. The monoisotopic (exact) mass is 238 g/mol. The Morgan fingerprint density at radius 3 is 2.47 bits per heavy atom. The number of aliphatic hydroxyl groups excluding tert-OH is 1. The van der Waals surface area contributed by atoms with E-state index in [2.05, 4.69) is 9.97 Å². The maximum Gasteiger partial charge on any atom is 0.171 e. The third-order valence-electron chi connectivity index (χ3n) is 3.20. The molecule has 0 amide bonds. The van der Waals surface area contributed by atoms with Gasteiger partial charge in [0.05, 0.1) is 6.10 Å². The molecule has 0 atom stereocenters. The van der Waals surface area contributed by atoms with Crippen LogP contribution >= 0.6 is 0 Å². The summed E-state index contributed by atoms with van der Waals surface area (Å²) >= 11 is 0. The van der Waals surface area contributed by atoms with E-state index in [9.17, 15) is 5.11 Å². The van der Waals surface area contributed by atoms with Crippen molar-refractivity contribution in [3.63, 3.8) is 0 Å². The van der Waals surface area contributed by atoms with Gasteiger partial charge in [-0.05, 0) is 25.7 Å². The highest BCUT2D eigenvalue weighted by Gasteiger charge is 2.25. The minimum Gasteiger partial charge on any atom is -0.393 e. The van der Waals surface area contributed by atoms with Crippen LogP contribution in [0, 0.1) is 0 Å². The van der Waals surface area contributed by atoms with Gasteiger partial charge in [-0.1, -0.05) is 0 Å². The molecule has 7 heteroatoms. The van der Waals surface area contributed by atoms with E-state index in [1.807, 2.05) is 0 Å². The minimum absolute atomic E-state index is 0.134. The van der Waals surface area contributed by atoms with Gasteiger partial charge in [0.25, 0.3) is 0 Å². The normalized spacial score (nSPS) is 24.6. The second-order valence-electron chi connectivity index (χ2n) is 4.37. The molecule has 0 radical (unpaired) electrons. The number of nitrogens with zero attached hydrogens (tertiary/aromatic N) is 3. The van der Waals surface area contributed by atoms with Crippen LogP contribution < -0.4 is 22.3 Å². The maximum absolute atomic E-state index is 9.45. The molecule has 0 spiro atoms. The van der Waals surface area contributed by atoms with Crippen LogP contribution in [0.15, 0.2) is 6.33 Å². The highest BCUT2D eigenvalue weighted by atomic mass is 16.3. The van der Waals surface area contributed by atoms with Crippen LogP contribution in [0.3, 0.4) is 0 Å². The van der Waals surface area contributed by atoms with E-state index in [1.165, 1.54) is 6.33 Å². The number of hydrogen-bond acceptors (Lipinski definition) is 7. The van der Waals surface area contributed by atoms with Crippen molar-refractivity contribution in [1.29, 1.82) is 0 Å². The molecule has 1 heterocycles. The summed E-state index contributed by atoms with van der Waals surface area (Å²) in [6.45, 7) is 0. The van der Waals surface area contributed by atoms with Gasteiger partial charge in [-0.15, -0.1) is 0 Å². The number of rotatable bonds is 2. The lowest BCUT2D eigenvalue weighted by Crippen LogP contribution is -2.45. The van der Waals surface area contributed by atoms with Gasteiger partial charge in [-0.3, -0.25) is 5.01 Å². The lowest BCUT2D eigenvalue weighted by atomic mass is 9.93. The summed E-state index contributed by atoms with van der Waals surface area (Å²) in [5.41, 5.74) is 11.7. The van der Waals surface area contributed by atoms with Crippen molar-refractivity contribution in [1.82, 2.24) is 9.97 Å². The fourth-order valence-electron chi connectivity index (χ4n) is 2.11. The van der Waals surface area contributed by atoms with E-state index in [0.29, 0.717) is 11.5 Å². The molecule has 0 saturated heterocycles. The Morgan fingerprint density at radius 1 is 1.18 bits per heavy atom. The first-order chi connectivity index (χ1) is 8.09. The number of aliphatic hydroxyl groups is 1. The van der Waals surface area contributed by atoms with Gasteiger partial charge in [0.1, 0.15) is 12.0 Å². The van der Waals surface area contributed by atoms with Crippen LogP contribution in [0.25, 0.3) is 0 Å². The van der Waals surface area contributed by atoms with Crippen LogP contribution in [0.5, 0.6) is 0 Å². The number of aromatic nitrogens is 2. The smallest absolute Gasteiger partial charge is 0.171 e. The van der Waals surface area contributed by atoms with Crippen molar-refractivity contribution < 1.29 is 5.11 Å². The van der Waals surface area contributed by atoms with Gasteiger partial charge >= 0.3 is 0 Å². The molecular weight excluding hydrogens is 220 g/mol. The molecule has 7 nitrogen and oxygen atoms in total. The highest BCUT2D eigenvalue weighted by molar-refractivity contribution is 5.72. The topological polar surface area (TPSA) is 127 Å². The van der Waals surface area contributed by atoms with Gasteiger partial charge in [0.15, 0.2) is 11.6 Å². The Labute approximate surface area is 99.6 Å². The Bertz CT molecular complexity index is 390. The molecule has 1 aromatic heterocycles. The van der Waals surface area contributed by atoms with E-state index >= 15 is 0 Å². The fourth-order valence-corrected chi connectivity index (χ4v) is 2.11. The molecule has 0 aliphatic heterocycles. The maximum atomic E-state index is 9.45. The number of hydrogen-bond donors (Lipinski definition) is 4. The quantitative estimate of drug-likeness (QED) is 0.408. The zero-order valence-electron chi connectivity index (χ0n) is 9.58. The lowest BCUT2D eigenvalue weighted by molar-refractivity contribution is 0.121. The van der Waals surface area contributed by atoms with Crippen LogP contribution in [-0.2, 0) is 0 Å². The number of hydrazine groups is 1. The van der Waals surface area contributed by atoms with Crippen LogP contribution in [0.4, 0.5) is 17.3 Å². The molecule has 0 unspecified atom stereocenters. The molecule has 94 valence electrons. The van der Waals surface area contributed by atoms with E-state index in [4.69, 9.17) is 17.3 Å². The summed E-state index contributed by atoms with van der Waals surface area (Å²) in [5, 5.41) is 11.0. The van der Waals surface area contributed by atoms with Crippen molar-refractivity contribution in [3.05, 3.63) is 6.33 Å². The van der Waals surface area contributed by atoms with Crippen LogP contribution in [0.1, 0.15) is 25.7 Å². The average molecular weight is 238 g/mol. The molecule has 1 aromatic rings. The van der Waals surface area contributed by atoms with Gasteiger partial charge in [-0.25, -0.2) is 15.8 Å². The Balaban J connectivity index is 2.14. The summed E-state index contributed by atoms with van der Waals surface area (Å²) in [7, 11) is 0. The molecule has 1 saturated carbocycles. The van der Waals surface area contributed by atoms with Crippen molar-refractivity contribution in [2.45, 2.75) is 37.8 Å². The summed E-state index contributed by atoms with van der Waals surface area (Å²) < 4.78 is 0. The molecule has 0 bridgehead atoms.